The maximum absolute atomic E-state index is 13.0. The Morgan fingerprint density at radius 2 is 0.900 bits per heavy atom. The molecule has 2 aromatic rings. The molecule has 0 bridgehead atoms. The summed E-state index contributed by atoms with van der Waals surface area (Å²) >= 11 is 0. The SMILES string of the molecule is CC(=O)OCC(OC(C)=O)C(OC(C)=O)C(OC(C)=O)C(COC(=O)c1ccccc1)OC(=O)c1ccccc1. The van der Waals surface area contributed by atoms with Gasteiger partial charge in [0.15, 0.2) is 24.4 Å². The molecule has 0 aromatic heterocycles. The van der Waals surface area contributed by atoms with Crippen LogP contribution in [0, 0.1) is 0 Å². The lowest BCUT2D eigenvalue weighted by molar-refractivity contribution is -0.200. The lowest BCUT2D eigenvalue weighted by Gasteiger charge is -2.35. The summed E-state index contributed by atoms with van der Waals surface area (Å²) in [6.45, 7) is 2.96. The fourth-order valence-electron chi connectivity index (χ4n) is 3.49. The maximum Gasteiger partial charge on any atom is 0.338 e. The van der Waals surface area contributed by atoms with Crippen LogP contribution in [0.4, 0.5) is 0 Å². The van der Waals surface area contributed by atoms with Crippen LogP contribution in [-0.4, -0.2) is 73.4 Å². The molecule has 0 N–H and O–H groups in total. The second kappa shape index (κ2) is 15.6. The number of carbonyl (C=O) groups excluding carboxylic acids is 6. The molecule has 2 aromatic carbocycles. The molecule has 0 saturated heterocycles. The second-order valence-corrected chi connectivity index (χ2v) is 8.37. The predicted octanol–water partition coefficient (Wildman–Crippen LogP) is 2.43. The van der Waals surface area contributed by atoms with Crippen LogP contribution in [0.15, 0.2) is 60.7 Å². The van der Waals surface area contributed by atoms with Crippen molar-refractivity contribution in [1.82, 2.24) is 0 Å². The Bertz CT molecular complexity index is 1180. The molecule has 0 aliphatic carbocycles. The summed E-state index contributed by atoms with van der Waals surface area (Å²) in [6, 6.07) is 15.7. The van der Waals surface area contributed by atoms with Gasteiger partial charge in [-0.3, -0.25) is 19.2 Å². The number of hydrogen-bond acceptors (Lipinski definition) is 12. The third-order valence-corrected chi connectivity index (χ3v) is 5.09. The Hall–Kier alpha value is -4.74. The molecule has 0 fully saturated rings. The molecule has 2 rings (SSSR count). The quantitative estimate of drug-likeness (QED) is 0.262. The van der Waals surface area contributed by atoms with E-state index >= 15 is 0 Å². The average molecular weight is 559 g/mol. The molecule has 0 heterocycles. The highest BCUT2D eigenvalue weighted by Gasteiger charge is 2.44. The molecule has 12 heteroatoms. The first-order valence-corrected chi connectivity index (χ1v) is 12.1. The third-order valence-electron chi connectivity index (χ3n) is 5.09. The van der Waals surface area contributed by atoms with Crippen molar-refractivity contribution in [3.05, 3.63) is 71.8 Å². The molecule has 0 saturated carbocycles. The first kappa shape index (κ1) is 31.5. The zero-order chi connectivity index (χ0) is 29.7. The van der Waals surface area contributed by atoms with E-state index in [9.17, 15) is 28.8 Å². The van der Waals surface area contributed by atoms with E-state index in [1.807, 2.05) is 0 Å². The summed E-state index contributed by atoms with van der Waals surface area (Å²) in [6.07, 6.45) is -6.42. The molecular formula is C28H30O12. The van der Waals surface area contributed by atoms with Gasteiger partial charge in [0.1, 0.15) is 13.2 Å². The van der Waals surface area contributed by atoms with Gasteiger partial charge < -0.3 is 28.4 Å². The zero-order valence-corrected chi connectivity index (χ0v) is 22.4. The standard InChI is InChI=1S/C28H30O12/c1-17(29)35-15-23(37-18(2)30)25(38-19(3)31)26(39-20(4)32)24(40-28(34)22-13-9-6-10-14-22)16-36-27(33)21-11-7-5-8-12-21/h5-14,23-26H,15-16H2,1-4H3. The number of esters is 6. The van der Waals surface area contributed by atoms with Gasteiger partial charge in [-0.2, -0.15) is 0 Å². The molecule has 4 atom stereocenters. The van der Waals surface area contributed by atoms with E-state index in [1.54, 1.807) is 36.4 Å². The Morgan fingerprint density at radius 3 is 1.32 bits per heavy atom. The summed E-state index contributed by atoms with van der Waals surface area (Å²) in [5.41, 5.74) is 0.299. The Balaban J connectivity index is 2.52. The van der Waals surface area contributed by atoms with E-state index in [1.165, 1.54) is 24.3 Å². The summed E-state index contributed by atoms with van der Waals surface area (Å²) in [5.74, 6) is -5.05. The van der Waals surface area contributed by atoms with Gasteiger partial charge in [-0.15, -0.1) is 0 Å². The molecule has 0 amide bonds. The van der Waals surface area contributed by atoms with Gasteiger partial charge in [-0.1, -0.05) is 36.4 Å². The van der Waals surface area contributed by atoms with Crippen LogP contribution in [-0.2, 0) is 47.6 Å². The molecule has 0 spiro atoms. The van der Waals surface area contributed by atoms with E-state index in [-0.39, 0.29) is 11.1 Å². The number of carbonyl (C=O) groups is 6. The second-order valence-electron chi connectivity index (χ2n) is 8.37. The van der Waals surface area contributed by atoms with E-state index in [2.05, 4.69) is 0 Å². The van der Waals surface area contributed by atoms with Crippen LogP contribution < -0.4 is 0 Å². The van der Waals surface area contributed by atoms with Gasteiger partial charge in [0.25, 0.3) is 0 Å². The lowest BCUT2D eigenvalue weighted by Crippen LogP contribution is -2.54. The molecule has 214 valence electrons. The van der Waals surface area contributed by atoms with Crippen LogP contribution in [0.1, 0.15) is 48.4 Å². The fourth-order valence-corrected chi connectivity index (χ4v) is 3.49. The predicted molar refractivity (Wildman–Crippen MR) is 136 cm³/mol. The van der Waals surface area contributed by atoms with Crippen molar-refractivity contribution in [3.63, 3.8) is 0 Å². The van der Waals surface area contributed by atoms with Crippen molar-refractivity contribution < 1.29 is 57.2 Å². The van der Waals surface area contributed by atoms with Crippen LogP contribution in [0.25, 0.3) is 0 Å². The minimum Gasteiger partial charge on any atom is -0.462 e. The topological polar surface area (TPSA) is 158 Å². The number of rotatable bonds is 13. The Kier molecular flexibility index (Phi) is 12.3. The zero-order valence-electron chi connectivity index (χ0n) is 22.4. The van der Waals surface area contributed by atoms with Crippen molar-refractivity contribution in [1.29, 1.82) is 0 Å². The summed E-state index contributed by atoms with van der Waals surface area (Å²) in [5, 5.41) is 0. The molecule has 0 radical (unpaired) electrons. The van der Waals surface area contributed by atoms with Crippen LogP contribution in [0.3, 0.4) is 0 Å². The van der Waals surface area contributed by atoms with Crippen LogP contribution in [0.5, 0.6) is 0 Å². The number of benzene rings is 2. The summed E-state index contributed by atoms with van der Waals surface area (Å²) in [7, 11) is 0. The molecule has 0 aliphatic rings. The first-order chi connectivity index (χ1) is 19.0. The first-order valence-electron chi connectivity index (χ1n) is 12.1. The van der Waals surface area contributed by atoms with E-state index in [4.69, 9.17) is 28.4 Å². The van der Waals surface area contributed by atoms with Crippen LogP contribution >= 0.6 is 0 Å². The monoisotopic (exact) mass is 558 g/mol. The average Bonchev–Trinajstić information content (AvgIpc) is 2.91. The Labute approximate surface area is 230 Å². The number of ether oxygens (including phenoxy) is 6. The highest BCUT2D eigenvalue weighted by atomic mass is 16.6. The molecule has 0 aliphatic heterocycles. The van der Waals surface area contributed by atoms with E-state index in [0.29, 0.717) is 0 Å². The normalized spacial score (nSPS) is 13.4. The van der Waals surface area contributed by atoms with Crippen molar-refractivity contribution in [3.8, 4) is 0 Å². The lowest BCUT2D eigenvalue weighted by atomic mass is 10.0. The maximum atomic E-state index is 13.0. The molecule has 40 heavy (non-hydrogen) atoms. The van der Waals surface area contributed by atoms with Crippen molar-refractivity contribution >= 4 is 35.8 Å². The minimum atomic E-state index is -1.68. The van der Waals surface area contributed by atoms with Gasteiger partial charge in [0, 0.05) is 27.7 Å². The smallest absolute Gasteiger partial charge is 0.338 e. The highest BCUT2D eigenvalue weighted by Crippen LogP contribution is 2.22. The highest BCUT2D eigenvalue weighted by molar-refractivity contribution is 5.90. The summed E-state index contributed by atoms with van der Waals surface area (Å²) in [4.78, 5) is 73.3. The third kappa shape index (κ3) is 10.6. The van der Waals surface area contributed by atoms with E-state index < -0.39 is 73.4 Å². The minimum absolute atomic E-state index is 0.115. The van der Waals surface area contributed by atoms with Crippen molar-refractivity contribution in [2.45, 2.75) is 52.1 Å². The fraction of sp³-hybridized carbons (Fsp3) is 0.357. The molecular weight excluding hydrogens is 528 g/mol. The van der Waals surface area contributed by atoms with Crippen molar-refractivity contribution in [2.24, 2.45) is 0 Å². The molecule has 12 nitrogen and oxygen atoms in total. The van der Waals surface area contributed by atoms with Gasteiger partial charge in [-0.25, -0.2) is 9.59 Å². The van der Waals surface area contributed by atoms with E-state index in [0.717, 1.165) is 27.7 Å². The van der Waals surface area contributed by atoms with Gasteiger partial charge >= 0.3 is 35.8 Å². The largest absolute Gasteiger partial charge is 0.462 e. The van der Waals surface area contributed by atoms with Crippen LogP contribution in [0.2, 0.25) is 0 Å². The van der Waals surface area contributed by atoms with Gasteiger partial charge in [0.05, 0.1) is 11.1 Å². The van der Waals surface area contributed by atoms with Crippen molar-refractivity contribution in [2.75, 3.05) is 13.2 Å². The summed E-state index contributed by atoms with van der Waals surface area (Å²) < 4.78 is 31.9. The number of hydrogen-bond donors (Lipinski definition) is 0. The molecule has 4 unspecified atom stereocenters. The van der Waals surface area contributed by atoms with Gasteiger partial charge in [-0.05, 0) is 24.3 Å². The Morgan fingerprint density at radius 1 is 0.500 bits per heavy atom. The van der Waals surface area contributed by atoms with Gasteiger partial charge in [0.2, 0.25) is 0 Å².